The third kappa shape index (κ3) is 5.63. The summed E-state index contributed by atoms with van der Waals surface area (Å²) in [5, 5.41) is 12.1. The Bertz CT molecular complexity index is 1420. The van der Waals surface area contributed by atoms with Crippen molar-refractivity contribution >= 4 is 67.8 Å². The van der Waals surface area contributed by atoms with Gasteiger partial charge >= 0.3 is 6.18 Å². The first-order chi connectivity index (χ1) is 15.6. The number of aromatic nitrogens is 3. The number of hydrogen-bond acceptors (Lipinski definition) is 6. The van der Waals surface area contributed by atoms with Crippen LogP contribution in [0.1, 0.15) is 12.0 Å². The Labute approximate surface area is 215 Å². The first kappa shape index (κ1) is 26.2. The summed E-state index contributed by atoms with van der Waals surface area (Å²) in [7, 11) is -3.43. The number of sulfonamides is 1. The normalized spacial score (nSPS) is 12.0. The van der Waals surface area contributed by atoms with Crippen molar-refractivity contribution in [3.63, 3.8) is 0 Å². The van der Waals surface area contributed by atoms with Gasteiger partial charge in [-0.3, -0.25) is 9.12 Å². The summed E-state index contributed by atoms with van der Waals surface area (Å²) in [5.74, 6) is 0.289. The van der Waals surface area contributed by atoms with Crippen LogP contribution in [0.15, 0.2) is 48.7 Å². The number of aliphatic hydroxyl groups is 1. The van der Waals surface area contributed by atoms with E-state index in [1.54, 1.807) is 34.9 Å². The molecule has 0 aliphatic rings. The van der Waals surface area contributed by atoms with Crippen LogP contribution in [0.25, 0.3) is 27.9 Å². The van der Waals surface area contributed by atoms with E-state index < -0.39 is 21.8 Å². The molecule has 0 fully saturated rings. The topological polar surface area (TPSA) is 109 Å². The van der Waals surface area contributed by atoms with Crippen LogP contribution >= 0.6 is 0 Å². The molecule has 0 unspecified atom stereocenters. The van der Waals surface area contributed by atoms with E-state index in [1.807, 2.05) is 0 Å². The van der Waals surface area contributed by atoms with Crippen molar-refractivity contribution in [2.75, 3.05) is 29.4 Å². The molecule has 1 radical (unpaired) electrons. The zero-order valence-corrected chi connectivity index (χ0v) is 21.2. The number of aliphatic hydroxyl groups excluding tert-OH is 1. The molecule has 34 heavy (non-hydrogen) atoms. The molecule has 4 rings (SSSR count). The van der Waals surface area contributed by atoms with Crippen molar-refractivity contribution < 1.29 is 26.7 Å². The standard InChI is InChI=1S/C21H20F3N5O3S.Na/c1-33(31,32)28-15-6-3-13(4-7-15)18-12-26-20-19(25-9-2-10-30)27-16-11-14(21(22,23)24)5-8-17(16)29(18)20;/h3-8,11-12,28,30H,2,9-10H2,1H3,(H,25,27);. The maximum Gasteiger partial charge on any atom is 0.416 e. The van der Waals surface area contributed by atoms with E-state index >= 15 is 0 Å². The molecule has 2 heterocycles. The summed E-state index contributed by atoms with van der Waals surface area (Å²) in [6, 6.07) is 9.86. The van der Waals surface area contributed by atoms with Crippen molar-refractivity contribution in [2.24, 2.45) is 0 Å². The van der Waals surface area contributed by atoms with Crippen LogP contribution in [0.5, 0.6) is 0 Å². The molecule has 0 atom stereocenters. The molecule has 175 valence electrons. The maximum absolute atomic E-state index is 13.3. The Morgan fingerprint density at radius 2 is 1.82 bits per heavy atom. The van der Waals surface area contributed by atoms with Gasteiger partial charge in [0.1, 0.15) is 0 Å². The molecular weight excluding hydrogens is 482 g/mol. The fourth-order valence-electron chi connectivity index (χ4n) is 3.44. The maximum atomic E-state index is 13.3. The van der Waals surface area contributed by atoms with Crippen LogP contribution in [0.4, 0.5) is 24.7 Å². The van der Waals surface area contributed by atoms with Crippen LogP contribution in [0, 0.1) is 0 Å². The average molecular weight is 502 g/mol. The third-order valence-corrected chi connectivity index (χ3v) is 5.47. The fraction of sp³-hybridized carbons (Fsp3) is 0.238. The fourth-order valence-corrected chi connectivity index (χ4v) is 4.01. The number of anilines is 2. The minimum Gasteiger partial charge on any atom is -0.396 e. The molecule has 0 amide bonds. The summed E-state index contributed by atoms with van der Waals surface area (Å²) >= 11 is 0. The number of nitrogens with one attached hydrogen (secondary N) is 2. The number of alkyl halides is 3. The van der Waals surface area contributed by atoms with E-state index in [9.17, 15) is 21.6 Å². The molecule has 2 aromatic heterocycles. The molecule has 3 N–H and O–H groups in total. The average Bonchev–Trinajstić information content (AvgIpc) is 3.18. The van der Waals surface area contributed by atoms with E-state index in [1.165, 1.54) is 6.07 Å². The van der Waals surface area contributed by atoms with Gasteiger partial charge in [-0.1, -0.05) is 12.1 Å². The Kier molecular flexibility index (Phi) is 7.78. The quantitative estimate of drug-likeness (QED) is 0.264. The SMILES string of the molecule is CS(=O)(=O)Nc1ccc(-c2cnc3c(NCCCO)nc4cc(C(F)(F)F)ccc4n23)cc1.[Na]. The second-order valence-corrected chi connectivity index (χ2v) is 9.17. The second-order valence-electron chi connectivity index (χ2n) is 7.42. The predicted octanol–water partition coefficient (Wildman–Crippen LogP) is 3.35. The smallest absolute Gasteiger partial charge is 0.396 e. The number of benzene rings is 2. The number of rotatable bonds is 7. The van der Waals surface area contributed by atoms with E-state index in [4.69, 9.17) is 5.11 Å². The zero-order chi connectivity index (χ0) is 23.8. The van der Waals surface area contributed by atoms with Gasteiger partial charge in [0.25, 0.3) is 0 Å². The van der Waals surface area contributed by atoms with E-state index in [0.29, 0.717) is 41.1 Å². The molecule has 0 saturated heterocycles. The van der Waals surface area contributed by atoms with Crippen LogP contribution in [-0.4, -0.2) is 76.9 Å². The van der Waals surface area contributed by atoms with E-state index in [-0.39, 0.29) is 47.5 Å². The van der Waals surface area contributed by atoms with Crippen molar-refractivity contribution in [3.8, 4) is 11.3 Å². The minimum absolute atomic E-state index is 0. The molecule has 2 aromatic carbocycles. The number of halogens is 3. The number of imidazole rings is 1. The first-order valence-electron chi connectivity index (χ1n) is 9.88. The van der Waals surface area contributed by atoms with Crippen LogP contribution in [0.2, 0.25) is 0 Å². The monoisotopic (exact) mass is 502 g/mol. The third-order valence-electron chi connectivity index (χ3n) is 4.86. The van der Waals surface area contributed by atoms with Crippen molar-refractivity contribution in [1.82, 2.24) is 14.4 Å². The van der Waals surface area contributed by atoms with Crippen molar-refractivity contribution in [3.05, 3.63) is 54.2 Å². The molecule has 0 aliphatic carbocycles. The summed E-state index contributed by atoms with van der Waals surface area (Å²) < 4.78 is 66.8. The molecule has 13 heteroatoms. The molecule has 0 aliphatic heterocycles. The summed E-state index contributed by atoms with van der Waals surface area (Å²) in [6.45, 7) is 0.306. The molecular formula is C21H20F3N5NaO3S. The van der Waals surface area contributed by atoms with Gasteiger partial charge in [0, 0.05) is 54.0 Å². The number of hydrogen-bond donors (Lipinski definition) is 3. The van der Waals surface area contributed by atoms with Gasteiger partial charge in [-0.25, -0.2) is 18.4 Å². The van der Waals surface area contributed by atoms with Crippen LogP contribution in [-0.2, 0) is 16.2 Å². The summed E-state index contributed by atoms with van der Waals surface area (Å²) in [4.78, 5) is 8.78. The number of nitrogens with zero attached hydrogens (tertiary/aromatic N) is 3. The summed E-state index contributed by atoms with van der Waals surface area (Å²) in [5.41, 5.74) is 1.79. The van der Waals surface area contributed by atoms with Crippen LogP contribution < -0.4 is 10.0 Å². The van der Waals surface area contributed by atoms with Gasteiger partial charge in [-0.15, -0.1) is 0 Å². The minimum atomic E-state index is -4.52. The van der Waals surface area contributed by atoms with E-state index in [2.05, 4.69) is 20.0 Å². The molecule has 0 saturated carbocycles. The van der Waals surface area contributed by atoms with Crippen LogP contribution in [0.3, 0.4) is 0 Å². The van der Waals surface area contributed by atoms with Gasteiger partial charge in [-0.05, 0) is 36.8 Å². The summed E-state index contributed by atoms with van der Waals surface area (Å²) in [6.07, 6.45) is -1.47. The molecule has 0 bridgehead atoms. The Morgan fingerprint density at radius 1 is 1.12 bits per heavy atom. The second kappa shape index (κ2) is 10.1. The van der Waals surface area contributed by atoms with Gasteiger partial charge in [0.15, 0.2) is 11.5 Å². The first-order valence-corrected chi connectivity index (χ1v) is 11.8. The predicted molar refractivity (Wildman–Crippen MR) is 125 cm³/mol. The Hall–Kier alpha value is -2.38. The van der Waals surface area contributed by atoms with Crippen molar-refractivity contribution in [1.29, 1.82) is 0 Å². The van der Waals surface area contributed by atoms with E-state index in [0.717, 1.165) is 18.4 Å². The van der Waals surface area contributed by atoms with Gasteiger partial charge < -0.3 is 10.4 Å². The number of fused-ring (bicyclic) bond motifs is 3. The van der Waals surface area contributed by atoms with Gasteiger partial charge in [0.2, 0.25) is 10.0 Å². The Morgan fingerprint density at radius 3 is 2.44 bits per heavy atom. The van der Waals surface area contributed by atoms with Crippen molar-refractivity contribution in [2.45, 2.75) is 12.6 Å². The Balaban J connectivity index is 0.00000324. The largest absolute Gasteiger partial charge is 0.416 e. The van der Waals surface area contributed by atoms with Gasteiger partial charge in [0.05, 0.1) is 34.7 Å². The molecule has 0 spiro atoms. The molecule has 4 aromatic rings. The van der Waals surface area contributed by atoms with Gasteiger partial charge in [-0.2, -0.15) is 13.2 Å². The zero-order valence-electron chi connectivity index (χ0n) is 18.4. The molecule has 8 nitrogen and oxygen atoms in total.